The molecule has 0 unspecified atom stereocenters. The average molecular weight is 324 g/mol. The number of hydrogen-bond acceptors (Lipinski definition) is 2. The molecule has 0 aliphatic carbocycles. The number of hydrogen-bond donors (Lipinski definition) is 1. The van der Waals surface area contributed by atoms with Gasteiger partial charge in [0.05, 0.1) is 11.3 Å². The first kappa shape index (κ1) is 13.5. The van der Waals surface area contributed by atoms with Gasteiger partial charge in [-0.3, -0.25) is 4.79 Å². The third kappa shape index (κ3) is 2.76. The quantitative estimate of drug-likeness (QED) is 0.917. The number of phenolic OH excluding ortho intramolecular Hbond substituents is 1. The smallest absolute Gasteiger partial charge is 0.261 e. The molecule has 98 valence electrons. The zero-order valence-corrected chi connectivity index (χ0v) is 11.7. The summed E-state index contributed by atoms with van der Waals surface area (Å²) >= 11 is 3.19. The second kappa shape index (κ2) is 5.40. The van der Waals surface area contributed by atoms with Crippen LogP contribution < -0.4 is 4.90 Å². The van der Waals surface area contributed by atoms with Crippen LogP contribution in [-0.4, -0.2) is 18.1 Å². The van der Waals surface area contributed by atoms with Gasteiger partial charge in [-0.1, -0.05) is 28.1 Å². The van der Waals surface area contributed by atoms with Gasteiger partial charge in [0, 0.05) is 11.5 Å². The minimum absolute atomic E-state index is 0.119. The fourth-order valence-electron chi connectivity index (χ4n) is 1.70. The highest BCUT2D eigenvalue weighted by Crippen LogP contribution is 2.26. The molecule has 3 nitrogen and oxygen atoms in total. The van der Waals surface area contributed by atoms with Crippen LogP contribution in [0.2, 0.25) is 0 Å². The Hall–Kier alpha value is -1.88. The zero-order chi connectivity index (χ0) is 14.0. The maximum absolute atomic E-state index is 13.6. The summed E-state index contributed by atoms with van der Waals surface area (Å²) in [5.41, 5.74) is 0.281. The van der Waals surface area contributed by atoms with E-state index in [0.29, 0.717) is 4.47 Å². The van der Waals surface area contributed by atoms with Crippen molar-refractivity contribution in [2.75, 3.05) is 11.9 Å². The Kier molecular flexibility index (Phi) is 3.85. The Morgan fingerprint density at radius 1 is 1.26 bits per heavy atom. The fraction of sp³-hybridized carbons (Fsp3) is 0.0714. The third-order valence-electron chi connectivity index (χ3n) is 2.71. The van der Waals surface area contributed by atoms with Crippen molar-refractivity contribution in [3.63, 3.8) is 0 Å². The molecule has 0 aliphatic rings. The highest BCUT2D eigenvalue weighted by atomic mass is 79.9. The number of carbonyl (C=O) groups excluding carboxylic acids is 1. The Morgan fingerprint density at radius 2 is 1.95 bits per heavy atom. The molecule has 1 amide bonds. The fourth-order valence-corrected chi connectivity index (χ4v) is 2.05. The summed E-state index contributed by atoms with van der Waals surface area (Å²) in [7, 11) is 1.46. The minimum atomic E-state index is -0.491. The van der Waals surface area contributed by atoms with E-state index in [4.69, 9.17) is 0 Å². The lowest BCUT2D eigenvalue weighted by atomic mass is 10.1. The predicted octanol–water partition coefficient (Wildman–Crippen LogP) is 3.57. The largest absolute Gasteiger partial charge is 0.507 e. The lowest BCUT2D eigenvalue weighted by Gasteiger charge is -2.18. The van der Waals surface area contributed by atoms with Crippen molar-refractivity contribution in [3.8, 4) is 5.75 Å². The predicted molar refractivity (Wildman–Crippen MR) is 74.9 cm³/mol. The molecule has 2 aromatic rings. The van der Waals surface area contributed by atoms with Gasteiger partial charge < -0.3 is 10.0 Å². The van der Waals surface area contributed by atoms with Crippen molar-refractivity contribution in [1.82, 2.24) is 0 Å². The number of amides is 1. The molecule has 2 rings (SSSR count). The lowest BCUT2D eigenvalue weighted by Crippen LogP contribution is -2.27. The van der Waals surface area contributed by atoms with Gasteiger partial charge in [-0.2, -0.15) is 0 Å². The van der Waals surface area contributed by atoms with E-state index < -0.39 is 11.7 Å². The summed E-state index contributed by atoms with van der Waals surface area (Å²) in [6.07, 6.45) is 0. The monoisotopic (exact) mass is 323 g/mol. The van der Waals surface area contributed by atoms with Gasteiger partial charge in [-0.25, -0.2) is 4.39 Å². The third-order valence-corrected chi connectivity index (χ3v) is 3.20. The molecule has 0 bridgehead atoms. The van der Waals surface area contributed by atoms with Crippen molar-refractivity contribution >= 4 is 27.5 Å². The van der Waals surface area contributed by atoms with Gasteiger partial charge >= 0.3 is 0 Å². The van der Waals surface area contributed by atoms with Crippen LogP contribution in [0.5, 0.6) is 5.75 Å². The first-order valence-corrected chi connectivity index (χ1v) is 6.31. The molecule has 0 fully saturated rings. The standard InChI is InChI=1S/C14H11BrFNO2/c1-17(12-5-3-2-4-11(12)16)14(19)10-7-6-9(15)8-13(10)18/h2-8,18H,1H3. The maximum Gasteiger partial charge on any atom is 0.261 e. The molecule has 0 saturated carbocycles. The number of aromatic hydroxyl groups is 1. The molecule has 0 saturated heterocycles. The highest BCUT2D eigenvalue weighted by Gasteiger charge is 2.19. The van der Waals surface area contributed by atoms with Gasteiger partial charge in [0.1, 0.15) is 11.6 Å². The topological polar surface area (TPSA) is 40.5 Å². The molecular weight excluding hydrogens is 313 g/mol. The number of halogens is 2. The van der Waals surface area contributed by atoms with Gasteiger partial charge in [0.2, 0.25) is 0 Å². The molecular formula is C14H11BrFNO2. The molecule has 0 aromatic heterocycles. The highest BCUT2D eigenvalue weighted by molar-refractivity contribution is 9.10. The number of nitrogens with zero attached hydrogens (tertiary/aromatic N) is 1. The van der Waals surface area contributed by atoms with Crippen molar-refractivity contribution < 1.29 is 14.3 Å². The Morgan fingerprint density at radius 3 is 2.58 bits per heavy atom. The van der Waals surface area contributed by atoms with Gasteiger partial charge in [-0.05, 0) is 30.3 Å². The van der Waals surface area contributed by atoms with Crippen molar-refractivity contribution in [2.24, 2.45) is 0 Å². The van der Waals surface area contributed by atoms with Crippen LogP contribution in [-0.2, 0) is 0 Å². The van der Waals surface area contributed by atoms with E-state index in [0.717, 1.165) is 4.90 Å². The maximum atomic E-state index is 13.6. The Balaban J connectivity index is 2.37. The normalized spacial score (nSPS) is 10.3. The molecule has 0 heterocycles. The summed E-state index contributed by atoms with van der Waals surface area (Å²) in [5.74, 6) is -1.12. The Bertz CT molecular complexity index is 631. The first-order chi connectivity index (χ1) is 9.00. The summed E-state index contributed by atoms with van der Waals surface area (Å²) in [6, 6.07) is 10.5. The van der Waals surface area contributed by atoms with Crippen LogP contribution in [0.3, 0.4) is 0 Å². The average Bonchev–Trinajstić information content (AvgIpc) is 2.38. The number of phenols is 1. The van der Waals surface area contributed by atoms with E-state index in [1.807, 2.05) is 0 Å². The number of para-hydroxylation sites is 1. The molecule has 0 radical (unpaired) electrons. The van der Waals surface area contributed by atoms with Crippen molar-refractivity contribution in [3.05, 3.63) is 58.3 Å². The molecule has 0 atom stereocenters. The van der Waals surface area contributed by atoms with Gasteiger partial charge in [-0.15, -0.1) is 0 Å². The minimum Gasteiger partial charge on any atom is -0.507 e. The van der Waals surface area contributed by atoms with E-state index >= 15 is 0 Å². The van der Waals surface area contributed by atoms with Crippen LogP contribution in [0.4, 0.5) is 10.1 Å². The number of anilines is 1. The zero-order valence-electron chi connectivity index (χ0n) is 10.1. The van der Waals surface area contributed by atoms with Crippen LogP contribution in [0.25, 0.3) is 0 Å². The second-order valence-corrected chi connectivity index (χ2v) is 4.89. The second-order valence-electron chi connectivity index (χ2n) is 3.98. The molecule has 0 aliphatic heterocycles. The molecule has 5 heteroatoms. The summed E-state index contributed by atoms with van der Waals surface area (Å²) in [6.45, 7) is 0. The van der Waals surface area contributed by atoms with E-state index in [9.17, 15) is 14.3 Å². The number of carbonyl (C=O) groups is 1. The van der Waals surface area contributed by atoms with E-state index in [1.54, 1.807) is 18.2 Å². The van der Waals surface area contributed by atoms with Crippen molar-refractivity contribution in [2.45, 2.75) is 0 Å². The summed E-state index contributed by atoms with van der Waals surface area (Å²) < 4.78 is 14.3. The molecule has 1 N–H and O–H groups in total. The van der Waals surface area contributed by atoms with Crippen LogP contribution in [0, 0.1) is 5.82 Å². The lowest BCUT2D eigenvalue weighted by molar-refractivity contribution is 0.0989. The summed E-state index contributed by atoms with van der Waals surface area (Å²) in [4.78, 5) is 13.4. The van der Waals surface area contributed by atoms with Crippen LogP contribution in [0.15, 0.2) is 46.9 Å². The van der Waals surface area contributed by atoms with Crippen LogP contribution in [0.1, 0.15) is 10.4 Å². The molecule has 0 spiro atoms. The first-order valence-electron chi connectivity index (χ1n) is 5.52. The van der Waals surface area contributed by atoms with Gasteiger partial charge in [0.25, 0.3) is 5.91 Å². The van der Waals surface area contributed by atoms with Gasteiger partial charge in [0.15, 0.2) is 0 Å². The summed E-state index contributed by atoms with van der Waals surface area (Å²) in [5, 5.41) is 9.76. The Labute approximate surface area is 118 Å². The van der Waals surface area contributed by atoms with Crippen LogP contribution >= 0.6 is 15.9 Å². The van der Waals surface area contributed by atoms with E-state index in [-0.39, 0.29) is 17.0 Å². The number of benzene rings is 2. The van der Waals surface area contributed by atoms with Crippen molar-refractivity contribution in [1.29, 1.82) is 0 Å². The molecule has 2 aromatic carbocycles. The number of rotatable bonds is 2. The SMILES string of the molecule is CN(C(=O)c1ccc(Br)cc1O)c1ccccc1F. The van der Waals surface area contributed by atoms with E-state index in [1.165, 1.54) is 31.3 Å². The molecule has 19 heavy (non-hydrogen) atoms. The van der Waals surface area contributed by atoms with E-state index in [2.05, 4.69) is 15.9 Å².